The summed E-state index contributed by atoms with van der Waals surface area (Å²) in [5, 5.41) is 5.59. The fourth-order valence-corrected chi connectivity index (χ4v) is 5.06. The molecule has 244 valence electrons. The van der Waals surface area contributed by atoms with Crippen LogP contribution in [0, 0.1) is 22.7 Å². The van der Waals surface area contributed by atoms with E-state index in [-0.39, 0.29) is 41.0 Å². The summed E-state index contributed by atoms with van der Waals surface area (Å²) in [6, 6.07) is -0.920. The molecule has 1 aliphatic carbocycles. The van der Waals surface area contributed by atoms with Crippen molar-refractivity contribution >= 4 is 30.5 Å². The van der Waals surface area contributed by atoms with Gasteiger partial charge in [0, 0.05) is 6.54 Å². The van der Waals surface area contributed by atoms with Crippen molar-refractivity contribution in [2.24, 2.45) is 28.4 Å². The Morgan fingerprint density at radius 2 is 1.62 bits per heavy atom. The van der Waals surface area contributed by atoms with E-state index in [1.807, 2.05) is 27.8 Å². The number of likely N-dealkylation sites (N-methyl/N-ethyl adjacent to an activating group) is 1. The number of aldehydes is 1. The molecule has 0 aromatic rings. The smallest absolute Gasteiger partial charge is 0.408 e. The third-order valence-corrected chi connectivity index (χ3v) is 7.82. The van der Waals surface area contributed by atoms with Crippen molar-refractivity contribution in [3.63, 3.8) is 0 Å². The van der Waals surface area contributed by atoms with Crippen LogP contribution in [0.2, 0.25) is 0 Å². The van der Waals surface area contributed by atoms with Gasteiger partial charge in [-0.1, -0.05) is 67.2 Å². The van der Waals surface area contributed by atoms with Crippen LogP contribution in [0.25, 0.3) is 0 Å². The summed E-state index contributed by atoms with van der Waals surface area (Å²) in [5.41, 5.74) is 3.52. The Balaban J connectivity index is 0.000000803. The predicted octanol–water partition coefficient (Wildman–Crippen LogP) is 4.62. The Hall–Kier alpha value is -2.49. The highest BCUT2D eigenvalue weighted by atomic mass is 16.6. The van der Waals surface area contributed by atoms with Crippen molar-refractivity contribution in [3.05, 3.63) is 0 Å². The van der Waals surface area contributed by atoms with Gasteiger partial charge in [0.2, 0.25) is 12.3 Å². The zero-order valence-corrected chi connectivity index (χ0v) is 28.2. The van der Waals surface area contributed by atoms with E-state index in [4.69, 9.17) is 9.53 Å². The maximum absolute atomic E-state index is 12.8. The molecular formula is C32H60N4O6. The van der Waals surface area contributed by atoms with Gasteiger partial charge < -0.3 is 25.9 Å². The van der Waals surface area contributed by atoms with Gasteiger partial charge in [-0.25, -0.2) is 4.79 Å². The minimum Gasteiger partial charge on any atom is -0.444 e. The highest BCUT2D eigenvalue weighted by molar-refractivity contribution is 5.89. The molecule has 1 aliphatic heterocycles. The van der Waals surface area contributed by atoms with Gasteiger partial charge in [-0.2, -0.15) is 0 Å². The second kappa shape index (κ2) is 17.6. The zero-order valence-electron chi connectivity index (χ0n) is 28.2. The quantitative estimate of drug-likeness (QED) is 0.312. The number of ether oxygens (including phenoxy) is 1. The van der Waals surface area contributed by atoms with Gasteiger partial charge in [0.15, 0.2) is 5.78 Å². The summed E-state index contributed by atoms with van der Waals surface area (Å²) >= 11 is 0. The van der Waals surface area contributed by atoms with Crippen LogP contribution >= 0.6 is 0 Å². The van der Waals surface area contributed by atoms with Gasteiger partial charge in [-0.3, -0.25) is 19.3 Å². The van der Waals surface area contributed by atoms with Gasteiger partial charge in [0.1, 0.15) is 11.9 Å². The van der Waals surface area contributed by atoms with Crippen molar-refractivity contribution in [1.29, 1.82) is 0 Å². The Bertz CT molecular complexity index is 875. The number of nitrogens with zero attached hydrogens (tertiary/aromatic N) is 1. The van der Waals surface area contributed by atoms with Crippen molar-refractivity contribution in [3.8, 4) is 0 Å². The molecule has 2 rings (SSSR count). The molecule has 1 heterocycles. The average molecular weight is 597 g/mol. The van der Waals surface area contributed by atoms with E-state index in [1.165, 1.54) is 25.7 Å². The number of ketones is 1. The molecule has 2 aliphatic rings. The summed E-state index contributed by atoms with van der Waals surface area (Å²) in [4.78, 5) is 57.6. The average Bonchev–Trinajstić information content (AvgIpc) is 3.11. The van der Waals surface area contributed by atoms with E-state index in [2.05, 4.69) is 42.0 Å². The van der Waals surface area contributed by atoms with Crippen LogP contribution < -0.4 is 16.4 Å². The molecule has 1 saturated carbocycles. The number of carbonyl (C=O) groups excluding carboxylic acids is 5. The van der Waals surface area contributed by atoms with E-state index in [9.17, 15) is 19.2 Å². The number of likely N-dealkylation sites (tertiary alicyclic amines) is 1. The summed E-state index contributed by atoms with van der Waals surface area (Å²) in [7, 11) is 2.04. The first kappa shape index (κ1) is 39.5. The van der Waals surface area contributed by atoms with Crippen LogP contribution in [0.4, 0.5) is 4.79 Å². The molecule has 10 nitrogen and oxygen atoms in total. The number of amides is 3. The lowest BCUT2D eigenvalue weighted by Crippen LogP contribution is -2.49. The van der Waals surface area contributed by atoms with Crippen molar-refractivity contribution in [1.82, 2.24) is 15.5 Å². The van der Waals surface area contributed by atoms with Gasteiger partial charge >= 0.3 is 6.09 Å². The molecule has 0 spiro atoms. The third kappa shape index (κ3) is 15.7. The van der Waals surface area contributed by atoms with Crippen molar-refractivity contribution < 1.29 is 28.7 Å². The second-order valence-electron chi connectivity index (χ2n) is 14.8. The van der Waals surface area contributed by atoms with Crippen LogP contribution in [-0.4, -0.2) is 72.7 Å². The third-order valence-electron chi connectivity index (χ3n) is 7.82. The minimum atomic E-state index is -0.561. The molecule has 0 aromatic heterocycles. The number of rotatable bonds is 10. The molecule has 0 aromatic carbocycles. The van der Waals surface area contributed by atoms with E-state index >= 15 is 0 Å². The maximum atomic E-state index is 12.8. The number of nitrogens with one attached hydrogen (secondary N) is 2. The number of carbonyl (C=O) groups is 5. The summed E-state index contributed by atoms with van der Waals surface area (Å²) in [6.07, 6.45) is 8.18. The maximum Gasteiger partial charge on any atom is 0.408 e. The Morgan fingerprint density at radius 1 is 1.07 bits per heavy atom. The van der Waals surface area contributed by atoms with E-state index in [0.717, 1.165) is 32.1 Å². The molecule has 4 atom stereocenters. The van der Waals surface area contributed by atoms with Crippen molar-refractivity contribution in [2.75, 3.05) is 13.6 Å². The zero-order chi connectivity index (χ0) is 32.9. The van der Waals surface area contributed by atoms with Gasteiger partial charge in [-0.05, 0) is 76.7 Å². The van der Waals surface area contributed by atoms with Crippen LogP contribution in [-0.2, 0) is 23.9 Å². The van der Waals surface area contributed by atoms with Crippen LogP contribution in [0.1, 0.15) is 114 Å². The highest BCUT2D eigenvalue weighted by Gasteiger charge is 2.42. The van der Waals surface area contributed by atoms with E-state index in [1.54, 1.807) is 27.7 Å². The Morgan fingerprint density at radius 3 is 2.00 bits per heavy atom. The normalized spacial score (nSPS) is 22.2. The monoisotopic (exact) mass is 596 g/mol. The molecule has 4 N–H and O–H groups in total. The molecular weight excluding hydrogens is 536 g/mol. The van der Waals surface area contributed by atoms with E-state index < -0.39 is 17.7 Å². The Labute approximate surface area is 254 Å². The first-order valence-electron chi connectivity index (χ1n) is 15.3. The fraction of sp³-hybridized carbons (Fsp3) is 0.844. The van der Waals surface area contributed by atoms with Crippen LogP contribution in [0.15, 0.2) is 0 Å². The number of alkyl carbamates (subject to hydrolysis) is 1. The van der Waals surface area contributed by atoms with E-state index in [0.29, 0.717) is 11.8 Å². The molecule has 3 amide bonds. The molecule has 0 bridgehead atoms. The lowest BCUT2D eigenvalue weighted by molar-refractivity contribution is -0.130. The number of Topliss-reactive ketones (excluding diaryl/α,β-unsaturated/α-hetero) is 1. The lowest BCUT2D eigenvalue weighted by atomic mass is 9.80. The molecule has 4 unspecified atom stereocenters. The molecule has 42 heavy (non-hydrogen) atoms. The SMILES string of the molecule is CC(=O)C(CC1CCC1)NC(=O)C1CC(C)(CCC(C)C)CN1C.CC(C)(C)OC(=O)NC(C=O)C(C)(C)C.NC=O. The second-order valence-corrected chi connectivity index (χ2v) is 14.8. The Kier molecular flexibility index (Phi) is 16.5. The number of nitrogens with two attached hydrogens (primary N) is 1. The van der Waals surface area contributed by atoms with Crippen LogP contribution in [0.5, 0.6) is 0 Å². The van der Waals surface area contributed by atoms with Crippen molar-refractivity contribution in [2.45, 2.75) is 138 Å². The standard InChI is InChI=1S/C20H36N2O2.C11H21NO3.CH3NO/c1-14(2)9-10-20(4)12-18(22(5)13-20)19(24)21-17(15(3)23)11-16-7-6-8-16;1-10(2,3)8(7-13)12-9(14)15-11(4,5)6;2-1-3/h14,16-18H,6-13H2,1-5H3,(H,21,24);7-8H,1-6H3,(H,12,14);1H,(H2,2,3). The van der Waals surface area contributed by atoms with Crippen LogP contribution in [0.3, 0.4) is 0 Å². The lowest BCUT2D eigenvalue weighted by Gasteiger charge is -2.30. The van der Waals surface area contributed by atoms with Gasteiger partial charge in [-0.15, -0.1) is 0 Å². The summed E-state index contributed by atoms with van der Waals surface area (Å²) in [6.45, 7) is 20.3. The van der Waals surface area contributed by atoms with Gasteiger partial charge in [0.25, 0.3) is 0 Å². The topological polar surface area (TPSA) is 148 Å². The molecule has 0 radical (unpaired) electrons. The number of hydrogen-bond acceptors (Lipinski definition) is 7. The summed E-state index contributed by atoms with van der Waals surface area (Å²) in [5.74, 6) is 1.46. The fourth-order valence-electron chi connectivity index (χ4n) is 5.06. The number of primary amides is 1. The number of hydrogen-bond donors (Lipinski definition) is 3. The summed E-state index contributed by atoms with van der Waals surface area (Å²) < 4.78 is 5.06. The first-order valence-corrected chi connectivity index (χ1v) is 15.3. The first-order chi connectivity index (χ1) is 19.2. The molecule has 2 fully saturated rings. The highest BCUT2D eigenvalue weighted by Crippen LogP contribution is 2.39. The largest absolute Gasteiger partial charge is 0.444 e. The molecule has 1 saturated heterocycles. The molecule has 10 heteroatoms. The minimum absolute atomic E-state index is 0.0466. The van der Waals surface area contributed by atoms with Gasteiger partial charge in [0.05, 0.1) is 18.1 Å². The predicted molar refractivity (Wildman–Crippen MR) is 167 cm³/mol.